The third-order valence-corrected chi connectivity index (χ3v) is 6.81. The Bertz CT molecular complexity index is 1460. The molecule has 5 unspecified atom stereocenters. The van der Waals surface area contributed by atoms with Gasteiger partial charge < -0.3 is 58.7 Å². The minimum absolute atomic E-state index is 0.0291. The summed E-state index contributed by atoms with van der Waals surface area (Å²) in [7, 11) is 5.59. The summed E-state index contributed by atoms with van der Waals surface area (Å²) in [6.07, 6.45) is -4.40. The van der Waals surface area contributed by atoms with Crippen molar-refractivity contribution in [1.29, 1.82) is 0 Å². The van der Waals surface area contributed by atoms with Gasteiger partial charge in [-0.05, 0) is 47.5 Å². The topological polar surface area (TPSA) is 183 Å². The van der Waals surface area contributed by atoms with E-state index in [9.17, 15) is 30.3 Å². The molecular weight excluding hydrogens is 580 g/mol. The third kappa shape index (κ3) is 7.09. The molecule has 1 heterocycles. The maximum absolute atomic E-state index is 13.2. The molecule has 13 heteroatoms. The molecule has 13 nitrogen and oxygen atoms in total. The summed E-state index contributed by atoms with van der Waals surface area (Å²) >= 11 is 0. The van der Waals surface area contributed by atoms with E-state index in [2.05, 4.69) is 0 Å². The minimum atomic E-state index is -1.73. The van der Waals surface area contributed by atoms with E-state index < -0.39 is 43.3 Å². The summed E-state index contributed by atoms with van der Waals surface area (Å²) in [6, 6.07) is 11.8. The fraction of sp³-hybridized carbons (Fsp3) is 0.323. The summed E-state index contributed by atoms with van der Waals surface area (Å²) in [6.45, 7) is -0.672. The molecule has 5 atom stereocenters. The van der Waals surface area contributed by atoms with Gasteiger partial charge in [-0.1, -0.05) is 18.2 Å². The Balaban J connectivity index is 1.60. The highest BCUT2D eigenvalue weighted by molar-refractivity contribution is 5.91. The molecule has 0 radical (unpaired) electrons. The number of benzene rings is 3. The Morgan fingerprint density at radius 2 is 1.48 bits per heavy atom. The van der Waals surface area contributed by atoms with E-state index in [0.29, 0.717) is 16.9 Å². The van der Waals surface area contributed by atoms with Crippen LogP contribution in [0.3, 0.4) is 0 Å². The zero-order valence-electron chi connectivity index (χ0n) is 24.4. The van der Waals surface area contributed by atoms with Gasteiger partial charge in [-0.3, -0.25) is 0 Å². The predicted octanol–water partition coefficient (Wildman–Crippen LogP) is 2.35. The average Bonchev–Trinajstić information content (AvgIpc) is 3.02. The number of methoxy groups -OCH3 is 4. The van der Waals surface area contributed by atoms with Crippen LogP contribution < -0.4 is 23.7 Å². The fourth-order valence-electron chi connectivity index (χ4n) is 4.57. The summed E-state index contributed by atoms with van der Waals surface area (Å²) in [5.74, 6) is -0.195. The largest absolute Gasteiger partial charge is 0.508 e. The Kier molecular flexibility index (Phi) is 10.4. The quantitative estimate of drug-likeness (QED) is 0.157. The molecule has 0 aliphatic carbocycles. The summed E-state index contributed by atoms with van der Waals surface area (Å²) in [5.41, 5.74) is 1.10. The molecule has 0 bridgehead atoms. The molecule has 3 aromatic rings. The molecular formula is C31H34O13. The van der Waals surface area contributed by atoms with Crippen molar-refractivity contribution >= 4 is 18.1 Å². The summed E-state index contributed by atoms with van der Waals surface area (Å²) < 4.78 is 38.0. The summed E-state index contributed by atoms with van der Waals surface area (Å²) in [4.78, 5) is 13.2. The summed E-state index contributed by atoms with van der Waals surface area (Å²) in [5, 5.41) is 51.5. The second-order valence-corrected chi connectivity index (χ2v) is 9.63. The third-order valence-electron chi connectivity index (χ3n) is 6.81. The van der Waals surface area contributed by atoms with E-state index in [4.69, 9.17) is 33.2 Å². The van der Waals surface area contributed by atoms with Gasteiger partial charge in [-0.25, -0.2) is 4.79 Å². The number of carbonyl (C=O) groups excluding carboxylic acids is 1. The number of carbonyl (C=O) groups is 1. The number of ether oxygens (including phenoxy) is 7. The number of rotatable bonds is 11. The molecule has 5 N–H and O–H groups in total. The monoisotopic (exact) mass is 614 g/mol. The standard InChI is InChI=1S/C31H34O13/c1-38-22-8-7-16(11-21(22)34)5-6-17-9-19(33)14-20(10-17)42-31-29(27(36)26(35)25(15-32)43-31)44-30(37)18-12-23(39-2)28(41-4)24(13-18)40-3/h5-14,25-27,29,31-36H,15H2,1-4H3. The molecule has 0 amide bonds. The van der Waals surface area contributed by atoms with Crippen molar-refractivity contribution in [3.05, 3.63) is 65.2 Å². The minimum Gasteiger partial charge on any atom is -0.508 e. The van der Waals surface area contributed by atoms with Crippen molar-refractivity contribution in [2.24, 2.45) is 0 Å². The molecule has 44 heavy (non-hydrogen) atoms. The number of phenolic OH excluding ortho intramolecular Hbond substituents is 2. The van der Waals surface area contributed by atoms with Crippen molar-refractivity contribution in [2.75, 3.05) is 35.0 Å². The maximum atomic E-state index is 13.2. The smallest absolute Gasteiger partial charge is 0.339 e. The molecule has 1 saturated heterocycles. The van der Waals surface area contributed by atoms with Crippen LogP contribution in [0.2, 0.25) is 0 Å². The van der Waals surface area contributed by atoms with Crippen LogP contribution in [0.4, 0.5) is 0 Å². The fourth-order valence-corrected chi connectivity index (χ4v) is 4.57. The lowest BCUT2D eigenvalue weighted by Crippen LogP contribution is -2.61. The van der Waals surface area contributed by atoms with Crippen molar-refractivity contribution in [3.8, 4) is 40.2 Å². The predicted molar refractivity (Wildman–Crippen MR) is 155 cm³/mol. The number of esters is 1. The van der Waals surface area contributed by atoms with E-state index in [1.807, 2.05) is 0 Å². The Hall–Kier alpha value is -4.69. The van der Waals surface area contributed by atoms with Gasteiger partial charge in [0.25, 0.3) is 0 Å². The van der Waals surface area contributed by atoms with Crippen LogP contribution in [0.15, 0.2) is 48.5 Å². The molecule has 1 aliphatic rings. The molecule has 0 spiro atoms. The first-order valence-electron chi connectivity index (χ1n) is 13.3. The van der Waals surface area contributed by atoms with Gasteiger partial charge in [0.1, 0.15) is 29.8 Å². The Labute approximate surface area is 253 Å². The number of aliphatic hydroxyl groups excluding tert-OH is 3. The highest BCUT2D eigenvalue weighted by Crippen LogP contribution is 2.39. The van der Waals surface area contributed by atoms with Crippen LogP contribution in [0.1, 0.15) is 21.5 Å². The van der Waals surface area contributed by atoms with Crippen molar-refractivity contribution in [2.45, 2.75) is 30.7 Å². The first-order valence-corrected chi connectivity index (χ1v) is 13.3. The molecule has 0 saturated carbocycles. The zero-order chi connectivity index (χ0) is 32.0. The normalized spacial score (nSPS) is 21.5. The molecule has 1 aliphatic heterocycles. The lowest BCUT2D eigenvalue weighted by atomic mass is 9.99. The Morgan fingerprint density at radius 3 is 2.07 bits per heavy atom. The molecule has 3 aromatic carbocycles. The van der Waals surface area contributed by atoms with E-state index >= 15 is 0 Å². The van der Waals surface area contributed by atoms with Crippen molar-refractivity contribution < 1.29 is 63.5 Å². The lowest BCUT2D eigenvalue weighted by molar-refractivity contribution is -0.276. The van der Waals surface area contributed by atoms with E-state index in [1.54, 1.807) is 24.3 Å². The van der Waals surface area contributed by atoms with Crippen LogP contribution in [-0.4, -0.2) is 97.3 Å². The van der Waals surface area contributed by atoms with Gasteiger partial charge in [-0.15, -0.1) is 0 Å². The Morgan fingerprint density at radius 1 is 0.818 bits per heavy atom. The number of phenols is 2. The van der Waals surface area contributed by atoms with Gasteiger partial charge in [0, 0.05) is 6.07 Å². The molecule has 0 aromatic heterocycles. The van der Waals surface area contributed by atoms with Gasteiger partial charge in [0.15, 0.2) is 29.1 Å². The number of aliphatic hydroxyl groups is 3. The molecule has 4 rings (SSSR count). The molecule has 236 valence electrons. The molecule has 1 fully saturated rings. The van der Waals surface area contributed by atoms with Gasteiger partial charge in [0.2, 0.25) is 12.0 Å². The van der Waals surface area contributed by atoms with Crippen molar-refractivity contribution in [3.63, 3.8) is 0 Å². The number of hydrogen-bond acceptors (Lipinski definition) is 13. The number of aromatic hydroxyl groups is 2. The van der Waals surface area contributed by atoms with Crippen LogP contribution >= 0.6 is 0 Å². The highest BCUT2D eigenvalue weighted by Gasteiger charge is 2.48. The zero-order valence-corrected chi connectivity index (χ0v) is 24.4. The van der Waals surface area contributed by atoms with E-state index in [1.165, 1.54) is 64.8 Å². The first-order chi connectivity index (χ1) is 21.1. The second kappa shape index (κ2) is 14.2. The second-order valence-electron chi connectivity index (χ2n) is 9.63. The van der Waals surface area contributed by atoms with Crippen LogP contribution in [-0.2, 0) is 9.47 Å². The van der Waals surface area contributed by atoms with E-state index in [-0.39, 0.29) is 40.1 Å². The average molecular weight is 615 g/mol. The van der Waals surface area contributed by atoms with Gasteiger partial charge in [-0.2, -0.15) is 0 Å². The van der Waals surface area contributed by atoms with Gasteiger partial charge >= 0.3 is 5.97 Å². The van der Waals surface area contributed by atoms with E-state index in [0.717, 1.165) is 0 Å². The van der Waals surface area contributed by atoms with Crippen LogP contribution in [0.5, 0.6) is 40.2 Å². The maximum Gasteiger partial charge on any atom is 0.339 e. The SMILES string of the molecule is COc1ccc(C=Cc2cc(O)cc(OC3OC(CO)C(O)C(O)C3OC(=O)c3cc(OC)c(OC)c(OC)c3)c2)cc1O. The van der Waals surface area contributed by atoms with Crippen molar-refractivity contribution in [1.82, 2.24) is 0 Å². The highest BCUT2D eigenvalue weighted by atomic mass is 16.7. The lowest BCUT2D eigenvalue weighted by Gasteiger charge is -2.41. The van der Waals surface area contributed by atoms with Gasteiger partial charge in [0.05, 0.1) is 40.6 Å². The number of hydrogen-bond donors (Lipinski definition) is 5. The van der Waals surface area contributed by atoms with Crippen LogP contribution in [0, 0.1) is 0 Å². The van der Waals surface area contributed by atoms with Crippen LogP contribution in [0.25, 0.3) is 12.2 Å². The first kappa shape index (κ1) is 32.2.